The van der Waals surface area contributed by atoms with E-state index in [1.807, 2.05) is 0 Å². The molecular formula is C12H13NO3. The second kappa shape index (κ2) is 3.33. The molecule has 0 bridgehead atoms. The topological polar surface area (TPSA) is 57.6 Å². The smallest absolute Gasteiger partial charge is 0.239 e. The molecule has 4 nitrogen and oxygen atoms in total. The molecule has 0 radical (unpaired) electrons. The van der Waals surface area contributed by atoms with Crippen LogP contribution in [-0.4, -0.2) is 28.9 Å². The highest BCUT2D eigenvalue weighted by atomic mass is 16.3. The van der Waals surface area contributed by atoms with Crippen molar-refractivity contribution in [2.45, 2.75) is 18.8 Å². The summed E-state index contributed by atoms with van der Waals surface area (Å²) in [5.74, 6) is -0.299. The number of phenolic OH excluding ortho intramolecular Hbond substituents is 1. The Morgan fingerprint density at radius 2 is 2.06 bits per heavy atom. The highest BCUT2D eigenvalue weighted by Crippen LogP contribution is 2.36. The zero-order valence-corrected chi connectivity index (χ0v) is 9.23. The Kier molecular flexibility index (Phi) is 2.22. The highest BCUT2D eigenvalue weighted by Gasteiger charge is 2.47. The Morgan fingerprint density at radius 1 is 1.38 bits per heavy atom. The third-order valence-electron chi connectivity index (χ3n) is 3.14. The maximum Gasteiger partial charge on any atom is 0.239 e. The number of imide groups is 1. The average Bonchev–Trinajstić information content (AvgIpc) is 2.44. The Balaban J connectivity index is 2.48. The van der Waals surface area contributed by atoms with E-state index in [1.165, 1.54) is 19.2 Å². The molecule has 1 atom stereocenters. The average molecular weight is 219 g/mol. The number of nitrogens with zero attached hydrogens (tertiary/aromatic N) is 1. The summed E-state index contributed by atoms with van der Waals surface area (Å²) in [6, 6.07) is 6.50. The van der Waals surface area contributed by atoms with Gasteiger partial charge in [-0.3, -0.25) is 14.5 Å². The lowest BCUT2D eigenvalue weighted by Crippen LogP contribution is -2.33. The van der Waals surface area contributed by atoms with Gasteiger partial charge in [-0.05, 0) is 24.6 Å². The van der Waals surface area contributed by atoms with Crippen molar-refractivity contribution < 1.29 is 14.7 Å². The van der Waals surface area contributed by atoms with Crippen LogP contribution < -0.4 is 0 Å². The number of aromatic hydroxyl groups is 1. The second-order valence-electron chi connectivity index (χ2n) is 4.32. The highest BCUT2D eigenvalue weighted by molar-refractivity contribution is 6.08. The van der Waals surface area contributed by atoms with Crippen molar-refractivity contribution in [2.75, 3.05) is 7.05 Å². The lowest BCUT2D eigenvalue weighted by molar-refractivity contribution is -0.138. The van der Waals surface area contributed by atoms with E-state index in [2.05, 4.69) is 0 Å². The van der Waals surface area contributed by atoms with Crippen LogP contribution >= 0.6 is 0 Å². The summed E-state index contributed by atoms with van der Waals surface area (Å²) >= 11 is 0. The number of phenols is 1. The maximum absolute atomic E-state index is 12.0. The summed E-state index contributed by atoms with van der Waals surface area (Å²) in [4.78, 5) is 24.6. The molecule has 0 aromatic heterocycles. The van der Waals surface area contributed by atoms with Crippen molar-refractivity contribution in [3.05, 3.63) is 29.8 Å². The molecule has 0 saturated carbocycles. The Bertz CT molecular complexity index is 469. The SMILES string of the molecule is CN1C(=O)CC(C)(c2cccc(O)c2)C1=O. The Morgan fingerprint density at radius 3 is 2.56 bits per heavy atom. The largest absolute Gasteiger partial charge is 0.508 e. The molecule has 0 aliphatic carbocycles. The molecule has 1 aromatic carbocycles. The lowest BCUT2D eigenvalue weighted by Gasteiger charge is -2.21. The summed E-state index contributed by atoms with van der Waals surface area (Å²) in [6.07, 6.45) is 0.159. The van der Waals surface area contributed by atoms with Crippen LogP contribution in [0, 0.1) is 0 Å². The molecule has 2 rings (SSSR count). The molecule has 1 unspecified atom stereocenters. The van der Waals surface area contributed by atoms with Crippen LogP contribution in [0.5, 0.6) is 5.75 Å². The zero-order valence-electron chi connectivity index (χ0n) is 9.23. The van der Waals surface area contributed by atoms with Crippen molar-refractivity contribution >= 4 is 11.8 Å². The summed E-state index contributed by atoms with van der Waals surface area (Å²) in [6.45, 7) is 1.73. The van der Waals surface area contributed by atoms with Crippen molar-refractivity contribution in [3.63, 3.8) is 0 Å². The molecular weight excluding hydrogens is 206 g/mol. The number of hydrogen-bond donors (Lipinski definition) is 1. The van der Waals surface area contributed by atoms with Crippen LogP contribution in [0.25, 0.3) is 0 Å². The summed E-state index contributed by atoms with van der Waals surface area (Å²) in [5, 5.41) is 9.40. The number of benzene rings is 1. The van der Waals surface area contributed by atoms with Gasteiger partial charge in [0.2, 0.25) is 11.8 Å². The first-order valence-electron chi connectivity index (χ1n) is 5.05. The minimum absolute atomic E-state index is 0.105. The van der Waals surface area contributed by atoms with E-state index in [-0.39, 0.29) is 24.0 Å². The molecule has 1 aliphatic heterocycles. The predicted molar refractivity (Wildman–Crippen MR) is 57.9 cm³/mol. The van der Waals surface area contributed by atoms with Crippen molar-refractivity contribution in [1.82, 2.24) is 4.90 Å². The number of rotatable bonds is 1. The van der Waals surface area contributed by atoms with Gasteiger partial charge >= 0.3 is 0 Å². The Labute approximate surface area is 93.5 Å². The molecule has 1 heterocycles. The lowest BCUT2D eigenvalue weighted by atomic mass is 9.81. The third kappa shape index (κ3) is 1.38. The third-order valence-corrected chi connectivity index (χ3v) is 3.14. The maximum atomic E-state index is 12.0. The van der Waals surface area contributed by atoms with E-state index < -0.39 is 5.41 Å². The van der Waals surface area contributed by atoms with Crippen LogP contribution in [0.2, 0.25) is 0 Å². The molecule has 2 amide bonds. The fourth-order valence-electron chi connectivity index (χ4n) is 2.05. The summed E-state index contributed by atoms with van der Waals surface area (Å²) in [7, 11) is 1.48. The van der Waals surface area contributed by atoms with Crippen molar-refractivity contribution in [2.24, 2.45) is 0 Å². The van der Waals surface area contributed by atoms with Gasteiger partial charge in [0.25, 0.3) is 0 Å². The number of likely N-dealkylation sites (N-methyl/N-ethyl adjacent to an activating group) is 1. The van der Waals surface area contributed by atoms with Gasteiger partial charge in [-0.2, -0.15) is 0 Å². The zero-order chi connectivity index (χ0) is 11.9. The van der Waals surface area contributed by atoms with E-state index in [9.17, 15) is 14.7 Å². The van der Waals surface area contributed by atoms with Crippen LogP contribution in [-0.2, 0) is 15.0 Å². The number of amides is 2. The molecule has 1 N–H and O–H groups in total. The normalized spacial score (nSPS) is 25.2. The second-order valence-corrected chi connectivity index (χ2v) is 4.32. The van der Waals surface area contributed by atoms with Crippen LogP contribution in [0.15, 0.2) is 24.3 Å². The Hall–Kier alpha value is -1.84. The molecule has 1 aromatic rings. The molecule has 0 spiro atoms. The van der Waals surface area contributed by atoms with Gasteiger partial charge in [0.05, 0.1) is 5.41 Å². The van der Waals surface area contributed by atoms with Gasteiger partial charge in [0.1, 0.15) is 5.75 Å². The van der Waals surface area contributed by atoms with Crippen molar-refractivity contribution in [3.8, 4) is 5.75 Å². The minimum atomic E-state index is -0.843. The quantitative estimate of drug-likeness (QED) is 0.718. The van der Waals surface area contributed by atoms with Crippen LogP contribution in [0.4, 0.5) is 0 Å². The standard InChI is InChI=1S/C12H13NO3/c1-12(7-10(15)13(2)11(12)16)8-4-3-5-9(14)6-8/h3-6,14H,7H2,1-2H3. The van der Waals surface area contributed by atoms with E-state index in [4.69, 9.17) is 0 Å². The molecule has 1 aliphatic rings. The summed E-state index contributed by atoms with van der Waals surface area (Å²) in [5.41, 5.74) is -0.167. The fourth-order valence-corrected chi connectivity index (χ4v) is 2.05. The molecule has 1 saturated heterocycles. The number of carbonyl (C=O) groups excluding carboxylic acids is 2. The van der Waals surface area contributed by atoms with E-state index in [0.717, 1.165) is 4.90 Å². The first kappa shape index (κ1) is 10.7. The van der Waals surface area contributed by atoms with Gasteiger partial charge in [0, 0.05) is 13.5 Å². The van der Waals surface area contributed by atoms with E-state index in [1.54, 1.807) is 19.1 Å². The molecule has 1 fully saturated rings. The number of carbonyl (C=O) groups is 2. The van der Waals surface area contributed by atoms with Gasteiger partial charge in [-0.15, -0.1) is 0 Å². The van der Waals surface area contributed by atoms with Gasteiger partial charge in [0.15, 0.2) is 0 Å². The first-order chi connectivity index (χ1) is 7.45. The van der Waals surface area contributed by atoms with Gasteiger partial charge in [-0.1, -0.05) is 12.1 Å². The summed E-state index contributed by atoms with van der Waals surface area (Å²) < 4.78 is 0. The minimum Gasteiger partial charge on any atom is -0.508 e. The molecule has 4 heteroatoms. The van der Waals surface area contributed by atoms with E-state index >= 15 is 0 Å². The first-order valence-corrected chi connectivity index (χ1v) is 5.05. The number of likely N-dealkylation sites (tertiary alicyclic amines) is 1. The predicted octanol–water partition coefficient (Wildman–Crippen LogP) is 1.04. The van der Waals surface area contributed by atoms with Crippen molar-refractivity contribution in [1.29, 1.82) is 0 Å². The number of hydrogen-bond acceptors (Lipinski definition) is 3. The molecule has 84 valence electrons. The van der Waals surface area contributed by atoms with Crippen LogP contribution in [0.3, 0.4) is 0 Å². The van der Waals surface area contributed by atoms with Gasteiger partial charge in [-0.25, -0.2) is 0 Å². The van der Waals surface area contributed by atoms with Crippen LogP contribution in [0.1, 0.15) is 18.9 Å². The molecule has 16 heavy (non-hydrogen) atoms. The monoisotopic (exact) mass is 219 g/mol. The van der Waals surface area contributed by atoms with E-state index in [0.29, 0.717) is 5.56 Å². The fraction of sp³-hybridized carbons (Fsp3) is 0.333. The van der Waals surface area contributed by atoms with Gasteiger partial charge < -0.3 is 5.11 Å².